The van der Waals surface area contributed by atoms with Crippen LogP contribution in [0.5, 0.6) is 0 Å². The van der Waals surface area contributed by atoms with Crippen molar-refractivity contribution in [3.8, 4) is 11.3 Å². The number of anilines is 2. The summed E-state index contributed by atoms with van der Waals surface area (Å²) in [6.07, 6.45) is 1.74. The van der Waals surface area contributed by atoms with Crippen LogP contribution in [-0.2, 0) is 0 Å². The first kappa shape index (κ1) is 14.8. The van der Waals surface area contributed by atoms with Crippen LogP contribution in [0.1, 0.15) is 17.2 Å². The van der Waals surface area contributed by atoms with Crippen molar-refractivity contribution in [3.05, 3.63) is 77.5 Å². The highest BCUT2D eigenvalue weighted by molar-refractivity contribution is 5.90. The van der Waals surface area contributed by atoms with E-state index in [1.165, 1.54) is 6.07 Å². The zero-order valence-corrected chi connectivity index (χ0v) is 13.4. The van der Waals surface area contributed by atoms with Crippen molar-refractivity contribution in [3.63, 3.8) is 0 Å². The average molecular weight is 349 g/mol. The summed E-state index contributed by atoms with van der Waals surface area (Å²) in [5.41, 5.74) is 9.78. The molecule has 4 aromatic rings. The molecule has 0 amide bonds. The highest BCUT2D eigenvalue weighted by atomic mass is 19.2. The molecule has 5 rings (SSSR count). The molecule has 3 N–H and O–H groups in total. The van der Waals surface area contributed by atoms with Crippen molar-refractivity contribution in [2.45, 2.75) is 6.04 Å². The van der Waals surface area contributed by atoms with Crippen molar-refractivity contribution in [2.75, 3.05) is 11.1 Å². The van der Waals surface area contributed by atoms with Crippen LogP contribution < -0.4 is 11.1 Å². The standard InChI is InChI=1S/C19H13F2N5/c20-13-6-3-5-11(15(13)21)16-12-8-9-26-18(12)17(24-19(22)25-26)10-4-1-2-7-14(10)23-16/h1-9,16,23H,(H2,22,25). The SMILES string of the molecule is Nc1nc2c3c(ccn3n1)C(c1cccc(F)c1F)Nc1ccccc1-2. The van der Waals surface area contributed by atoms with Gasteiger partial charge in [0, 0.05) is 28.6 Å². The molecule has 1 aliphatic rings. The van der Waals surface area contributed by atoms with Gasteiger partial charge < -0.3 is 11.1 Å². The molecule has 0 aliphatic carbocycles. The predicted molar refractivity (Wildman–Crippen MR) is 94.7 cm³/mol. The Bertz CT molecular complexity index is 1170. The number of nitrogen functional groups attached to an aromatic ring is 1. The quantitative estimate of drug-likeness (QED) is 0.549. The van der Waals surface area contributed by atoms with E-state index in [1.807, 2.05) is 30.3 Å². The van der Waals surface area contributed by atoms with Crippen molar-refractivity contribution < 1.29 is 8.78 Å². The van der Waals surface area contributed by atoms with E-state index in [9.17, 15) is 8.78 Å². The molecule has 0 spiro atoms. The summed E-state index contributed by atoms with van der Waals surface area (Å²) in [6.45, 7) is 0. The van der Waals surface area contributed by atoms with Gasteiger partial charge in [-0.2, -0.15) is 0 Å². The molecule has 1 aliphatic heterocycles. The molecular weight excluding hydrogens is 336 g/mol. The Labute approximate surface area is 147 Å². The van der Waals surface area contributed by atoms with Gasteiger partial charge in [0.1, 0.15) is 5.69 Å². The number of nitrogens with zero attached hydrogens (tertiary/aromatic N) is 3. The summed E-state index contributed by atoms with van der Waals surface area (Å²) in [5, 5.41) is 7.54. The molecule has 2 aromatic heterocycles. The predicted octanol–water partition coefficient (Wildman–Crippen LogP) is 3.77. The lowest BCUT2D eigenvalue weighted by atomic mass is 9.99. The van der Waals surface area contributed by atoms with Gasteiger partial charge >= 0.3 is 0 Å². The van der Waals surface area contributed by atoms with Crippen LogP contribution in [0.3, 0.4) is 0 Å². The number of hydrogen-bond donors (Lipinski definition) is 2. The number of fused-ring (bicyclic) bond motifs is 2. The second-order valence-electron chi connectivity index (χ2n) is 6.15. The smallest absolute Gasteiger partial charge is 0.238 e. The van der Waals surface area contributed by atoms with E-state index in [4.69, 9.17) is 5.73 Å². The Hall–Kier alpha value is -3.48. The van der Waals surface area contributed by atoms with E-state index in [0.29, 0.717) is 11.2 Å². The lowest BCUT2D eigenvalue weighted by molar-refractivity contribution is 0.497. The molecule has 128 valence electrons. The molecule has 0 saturated heterocycles. The second-order valence-corrected chi connectivity index (χ2v) is 6.15. The third-order valence-corrected chi connectivity index (χ3v) is 4.64. The van der Waals surface area contributed by atoms with Crippen LogP contribution in [0.25, 0.3) is 16.8 Å². The maximum absolute atomic E-state index is 14.6. The van der Waals surface area contributed by atoms with E-state index in [2.05, 4.69) is 15.4 Å². The maximum Gasteiger partial charge on any atom is 0.238 e. The van der Waals surface area contributed by atoms with Gasteiger partial charge in [-0.1, -0.05) is 30.3 Å². The number of nitrogens with one attached hydrogen (secondary N) is 1. The van der Waals surface area contributed by atoms with E-state index in [-0.39, 0.29) is 11.5 Å². The van der Waals surface area contributed by atoms with Crippen LogP contribution in [0, 0.1) is 11.6 Å². The van der Waals surface area contributed by atoms with Gasteiger partial charge in [-0.25, -0.2) is 18.3 Å². The first-order valence-corrected chi connectivity index (χ1v) is 8.08. The highest BCUT2D eigenvalue weighted by Crippen LogP contribution is 2.42. The van der Waals surface area contributed by atoms with Crippen molar-refractivity contribution >= 4 is 17.2 Å². The number of para-hydroxylation sites is 1. The Morgan fingerprint density at radius 3 is 2.73 bits per heavy atom. The summed E-state index contributed by atoms with van der Waals surface area (Å²) in [5.74, 6) is -1.62. The van der Waals surface area contributed by atoms with Gasteiger partial charge in [0.15, 0.2) is 11.6 Å². The minimum absolute atomic E-state index is 0.139. The lowest BCUT2D eigenvalue weighted by Gasteiger charge is -2.20. The van der Waals surface area contributed by atoms with Crippen LogP contribution in [-0.4, -0.2) is 14.6 Å². The molecule has 26 heavy (non-hydrogen) atoms. The summed E-state index contributed by atoms with van der Waals surface area (Å²) >= 11 is 0. The molecule has 0 radical (unpaired) electrons. The highest BCUT2D eigenvalue weighted by Gasteiger charge is 2.29. The number of hydrogen-bond acceptors (Lipinski definition) is 4. The normalized spacial score (nSPS) is 15.4. The Kier molecular flexibility index (Phi) is 3.00. The third kappa shape index (κ3) is 2.00. The minimum Gasteiger partial charge on any atom is -0.373 e. The Balaban J connectivity index is 1.88. The summed E-state index contributed by atoms with van der Waals surface area (Å²) in [7, 11) is 0. The van der Waals surface area contributed by atoms with E-state index >= 15 is 0 Å². The van der Waals surface area contributed by atoms with Gasteiger partial charge in [0.05, 0.1) is 11.6 Å². The summed E-state index contributed by atoms with van der Waals surface area (Å²) < 4.78 is 30.0. The second kappa shape index (κ2) is 5.26. The third-order valence-electron chi connectivity index (χ3n) is 4.64. The van der Waals surface area contributed by atoms with Gasteiger partial charge in [-0.3, -0.25) is 0 Å². The molecule has 1 atom stereocenters. The molecule has 0 fully saturated rings. The monoisotopic (exact) mass is 349 g/mol. The summed E-state index contributed by atoms with van der Waals surface area (Å²) in [4.78, 5) is 4.41. The Morgan fingerprint density at radius 2 is 1.85 bits per heavy atom. The van der Waals surface area contributed by atoms with Crippen LogP contribution in [0.15, 0.2) is 54.7 Å². The number of halogens is 2. The first-order chi connectivity index (χ1) is 12.6. The molecule has 1 unspecified atom stereocenters. The largest absolute Gasteiger partial charge is 0.373 e. The van der Waals surface area contributed by atoms with Crippen LogP contribution >= 0.6 is 0 Å². The fourth-order valence-corrected chi connectivity index (χ4v) is 3.52. The molecule has 5 nitrogen and oxygen atoms in total. The Morgan fingerprint density at radius 1 is 1.00 bits per heavy atom. The fourth-order valence-electron chi connectivity index (χ4n) is 3.52. The fraction of sp³-hybridized carbons (Fsp3) is 0.0526. The number of nitrogens with two attached hydrogens (primary N) is 1. The number of aromatic nitrogens is 3. The molecular formula is C19H13F2N5. The zero-order chi connectivity index (χ0) is 17.8. The van der Waals surface area contributed by atoms with Crippen molar-refractivity contribution in [1.29, 1.82) is 0 Å². The van der Waals surface area contributed by atoms with E-state index < -0.39 is 17.7 Å². The number of benzene rings is 2. The lowest BCUT2D eigenvalue weighted by Crippen LogP contribution is -2.14. The first-order valence-electron chi connectivity index (χ1n) is 8.08. The van der Waals surface area contributed by atoms with Crippen molar-refractivity contribution in [2.24, 2.45) is 0 Å². The van der Waals surface area contributed by atoms with Gasteiger partial charge in [-0.15, -0.1) is 5.10 Å². The molecule has 3 heterocycles. The van der Waals surface area contributed by atoms with Crippen LogP contribution in [0.4, 0.5) is 20.4 Å². The number of rotatable bonds is 1. The van der Waals surface area contributed by atoms with Crippen molar-refractivity contribution in [1.82, 2.24) is 14.6 Å². The summed E-state index contributed by atoms with van der Waals surface area (Å²) in [6, 6.07) is 13.0. The van der Waals surface area contributed by atoms with E-state index in [0.717, 1.165) is 22.9 Å². The topological polar surface area (TPSA) is 68.2 Å². The van der Waals surface area contributed by atoms with Gasteiger partial charge in [-0.05, 0) is 18.2 Å². The molecule has 0 bridgehead atoms. The molecule has 0 saturated carbocycles. The average Bonchev–Trinajstić information content (AvgIpc) is 2.99. The van der Waals surface area contributed by atoms with Gasteiger partial charge in [0.2, 0.25) is 5.95 Å². The van der Waals surface area contributed by atoms with Crippen LogP contribution in [0.2, 0.25) is 0 Å². The van der Waals surface area contributed by atoms with Gasteiger partial charge in [0.25, 0.3) is 0 Å². The van der Waals surface area contributed by atoms with E-state index in [1.54, 1.807) is 16.8 Å². The molecule has 7 heteroatoms. The zero-order valence-electron chi connectivity index (χ0n) is 13.4. The minimum atomic E-state index is -0.883. The molecule has 2 aromatic carbocycles. The maximum atomic E-state index is 14.6.